The van der Waals surface area contributed by atoms with E-state index in [4.69, 9.17) is 4.74 Å². The molecule has 3 nitrogen and oxygen atoms in total. The fraction of sp³-hybridized carbons (Fsp3) is 0.235. The number of carbonyl (C=O) groups is 1. The zero-order chi connectivity index (χ0) is 15.5. The van der Waals surface area contributed by atoms with Gasteiger partial charge in [-0.15, -0.1) is 12.6 Å². The Morgan fingerprint density at radius 1 is 1.19 bits per heavy atom. The second-order valence-electron chi connectivity index (χ2n) is 4.89. The molecular formula is C17H18O3S. The third-order valence-corrected chi connectivity index (χ3v) is 3.72. The lowest BCUT2D eigenvalue weighted by molar-refractivity contribution is -0.164. The van der Waals surface area contributed by atoms with E-state index in [2.05, 4.69) is 12.6 Å². The van der Waals surface area contributed by atoms with Crippen LogP contribution in [-0.2, 0) is 15.1 Å². The molecule has 21 heavy (non-hydrogen) atoms. The van der Waals surface area contributed by atoms with Crippen LogP contribution < -0.4 is 0 Å². The number of carbonyl (C=O) groups excluding carboxylic acids is 1. The van der Waals surface area contributed by atoms with Gasteiger partial charge in [0.2, 0.25) is 0 Å². The van der Waals surface area contributed by atoms with Crippen molar-refractivity contribution >= 4 is 18.6 Å². The Labute approximate surface area is 130 Å². The van der Waals surface area contributed by atoms with Crippen molar-refractivity contribution in [2.75, 3.05) is 6.61 Å². The quantitative estimate of drug-likeness (QED) is 0.672. The summed E-state index contributed by atoms with van der Waals surface area (Å²) in [5, 5.41) is 10.3. The van der Waals surface area contributed by atoms with Gasteiger partial charge in [-0.1, -0.05) is 42.5 Å². The van der Waals surface area contributed by atoms with Gasteiger partial charge in [0.1, 0.15) is 0 Å². The van der Waals surface area contributed by atoms with Crippen molar-refractivity contribution in [2.45, 2.75) is 24.3 Å². The van der Waals surface area contributed by atoms with Crippen molar-refractivity contribution < 1.29 is 14.6 Å². The summed E-state index contributed by atoms with van der Waals surface area (Å²) >= 11 is 4.43. The third kappa shape index (κ3) is 3.28. The van der Waals surface area contributed by atoms with Crippen LogP contribution in [0.25, 0.3) is 11.1 Å². The molecule has 2 rings (SSSR count). The van der Waals surface area contributed by atoms with Crippen LogP contribution in [0.4, 0.5) is 0 Å². The summed E-state index contributed by atoms with van der Waals surface area (Å²) in [6, 6.07) is 14.9. The van der Waals surface area contributed by atoms with Crippen molar-refractivity contribution in [1.29, 1.82) is 0 Å². The Kier molecular flexibility index (Phi) is 4.70. The molecule has 0 aliphatic heterocycles. The molecule has 2 aromatic rings. The number of hydrogen-bond acceptors (Lipinski definition) is 4. The second kappa shape index (κ2) is 6.33. The van der Waals surface area contributed by atoms with E-state index in [9.17, 15) is 9.90 Å². The summed E-state index contributed by atoms with van der Waals surface area (Å²) in [4.78, 5) is 12.7. The molecule has 1 N–H and O–H groups in total. The van der Waals surface area contributed by atoms with Crippen LogP contribution in [0.2, 0.25) is 0 Å². The van der Waals surface area contributed by atoms with Crippen molar-refractivity contribution in [3.05, 3.63) is 54.1 Å². The van der Waals surface area contributed by atoms with Crippen molar-refractivity contribution in [3.63, 3.8) is 0 Å². The molecule has 0 heterocycles. The van der Waals surface area contributed by atoms with Gasteiger partial charge in [-0.05, 0) is 36.6 Å². The van der Waals surface area contributed by atoms with Gasteiger partial charge < -0.3 is 9.84 Å². The first-order chi connectivity index (χ1) is 9.96. The molecule has 0 saturated carbocycles. The number of hydrogen-bond donors (Lipinski definition) is 2. The molecule has 0 fully saturated rings. The predicted octanol–water partition coefficient (Wildman–Crippen LogP) is 3.41. The van der Waals surface area contributed by atoms with Crippen molar-refractivity contribution in [1.82, 2.24) is 0 Å². The van der Waals surface area contributed by atoms with Crippen LogP contribution in [0.3, 0.4) is 0 Å². The van der Waals surface area contributed by atoms with E-state index in [0.717, 1.165) is 16.0 Å². The lowest BCUT2D eigenvalue weighted by Gasteiger charge is -2.21. The van der Waals surface area contributed by atoms with Crippen LogP contribution in [0, 0.1) is 0 Å². The average Bonchev–Trinajstić information content (AvgIpc) is 2.48. The van der Waals surface area contributed by atoms with Crippen molar-refractivity contribution in [2.24, 2.45) is 0 Å². The molecule has 0 radical (unpaired) electrons. The maximum Gasteiger partial charge on any atom is 0.342 e. The summed E-state index contributed by atoms with van der Waals surface area (Å²) in [7, 11) is 0. The zero-order valence-electron chi connectivity index (χ0n) is 12.0. The third-order valence-electron chi connectivity index (χ3n) is 3.33. The highest BCUT2D eigenvalue weighted by Crippen LogP contribution is 2.29. The highest BCUT2D eigenvalue weighted by molar-refractivity contribution is 7.80. The predicted molar refractivity (Wildman–Crippen MR) is 85.3 cm³/mol. The molecule has 1 atom stereocenters. The maximum absolute atomic E-state index is 11.8. The minimum atomic E-state index is -1.64. The summed E-state index contributed by atoms with van der Waals surface area (Å²) in [6.07, 6.45) is 0. The standard InChI is InChI=1S/C17H18O3S/c1-3-20-16(18)17(2,19)13-10-8-12(9-11-13)14-6-4-5-7-15(14)21/h4-11,19,21H,3H2,1-2H3. The van der Waals surface area contributed by atoms with E-state index in [1.54, 1.807) is 19.1 Å². The van der Waals surface area contributed by atoms with Gasteiger partial charge >= 0.3 is 5.97 Å². The van der Waals surface area contributed by atoms with Gasteiger partial charge in [0.15, 0.2) is 5.60 Å². The van der Waals surface area contributed by atoms with Crippen LogP contribution in [0.15, 0.2) is 53.4 Å². The lowest BCUT2D eigenvalue weighted by Crippen LogP contribution is -2.34. The zero-order valence-corrected chi connectivity index (χ0v) is 12.9. The fourth-order valence-corrected chi connectivity index (χ4v) is 2.37. The number of aliphatic hydroxyl groups is 1. The van der Waals surface area contributed by atoms with Gasteiger partial charge in [-0.2, -0.15) is 0 Å². The normalized spacial score (nSPS) is 13.5. The number of esters is 1. The molecule has 0 spiro atoms. The molecule has 0 aromatic heterocycles. The average molecular weight is 302 g/mol. The number of ether oxygens (including phenoxy) is 1. The molecule has 4 heteroatoms. The van der Waals surface area contributed by atoms with Gasteiger partial charge in [0.25, 0.3) is 0 Å². The van der Waals surface area contributed by atoms with Gasteiger partial charge in [0.05, 0.1) is 6.61 Å². The smallest absolute Gasteiger partial charge is 0.342 e. The first kappa shape index (κ1) is 15.6. The monoisotopic (exact) mass is 302 g/mol. The number of rotatable bonds is 4. The van der Waals surface area contributed by atoms with E-state index >= 15 is 0 Å². The van der Waals surface area contributed by atoms with Crippen LogP contribution in [0.5, 0.6) is 0 Å². The van der Waals surface area contributed by atoms with E-state index in [1.165, 1.54) is 6.92 Å². The lowest BCUT2D eigenvalue weighted by atomic mass is 9.94. The summed E-state index contributed by atoms with van der Waals surface area (Å²) in [6.45, 7) is 3.38. The maximum atomic E-state index is 11.8. The Hall–Kier alpha value is -1.78. The number of thiol groups is 1. The summed E-state index contributed by atoms with van der Waals surface area (Å²) in [5.41, 5.74) is 0.836. The molecule has 0 saturated heterocycles. The Morgan fingerprint density at radius 2 is 1.81 bits per heavy atom. The van der Waals surface area contributed by atoms with Crippen molar-refractivity contribution in [3.8, 4) is 11.1 Å². The first-order valence-corrected chi connectivity index (χ1v) is 7.20. The number of benzene rings is 2. The van der Waals surface area contributed by atoms with E-state index < -0.39 is 11.6 Å². The molecule has 2 aromatic carbocycles. The first-order valence-electron chi connectivity index (χ1n) is 6.75. The van der Waals surface area contributed by atoms with Gasteiger partial charge in [0, 0.05) is 4.90 Å². The van der Waals surface area contributed by atoms with Crippen LogP contribution >= 0.6 is 12.6 Å². The molecule has 1 unspecified atom stereocenters. The molecule has 0 bridgehead atoms. The largest absolute Gasteiger partial charge is 0.464 e. The second-order valence-corrected chi connectivity index (χ2v) is 5.37. The van der Waals surface area contributed by atoms with Gasteiger partial charge in [-0.3, -0.25) is 0 Å². The van der Waals surface area contributed by atoms with Crippen LogP contribution in [0.1, 0.15) is 19.4 Å². The summed E-state index contributed by atoms with van der Waals surface area (Å²) in [5.74, 6) is -0.646. The Balaban J connectivity index is 2.31. The molecule has 0 aliphatic carbocycles. The minimum absolute atomic E-state index is 0.236. The van der Waals surface area contributed by atoms with E-state index in [0.29, 0.717) is 5.56 Å². The van der Waals surface area contributed by atoms with Gasteiger partial charge in [-0.25, -0.2) is 4.79 Å². The fourth-order valence-electron chi connectivity index (χ4n) is 2.08. The van der Waals surface area contributed by atoms with E-state index in [-0.39, 0.29) is 6.61 Å². The molecular weight excluding hydrogens is 284 g/mol. The molecule has 0 amide bonds. The Morgan fingerprint density at radius 3 is 2.38 bits per heavy atom. The topological polar surface area (TPSA) is 46.5 Å². The van der Waals surface area contributed by atoms with E-state index in [1.807, 2.05) is 36.4 Å². The minimum Gasteiger partial charge on any atom is -0.464 e. The summed E-state index contributed by atoms with van der Waals surface area (Å²) < 4.78 is 4.89. The molecule has 0 aliphatic rings. The highest BCUT2D eigenvalue weighted by atomic mass is 32.1. The van der Waals surface area contributed by atoms with Crippen LogP contribution in [-0.4, -0.2) is 17.7 Å². The molecule has 110 valence electrons. The Bertz CT molecular complexity index is 633. The SMILES string of the molecule is CCOC(=O)C(C)(O)c1ccc(-c2ccccc2S)cc1. The highest BCUT2D eigenvalue weighted by Gasteiger charge is 2.33.